The molecule has 2 aromatic carbocycles. The molecule has 0 saturated carbocycles. The van der Waals surface area contributed by atoms with E-state index in [4.69, 9.17) is 0 Å². The highest BCUT2D eigenvalue weighted by Gasteiger charge is 2.03. The molecule has 96 valence electrons. The number of benzene rings is 2. The zero-order valence-corrected chi connectivity index (χ0v) is 13.0. The highest BCUT2D eigenvalue weighted by molar-refractivity contribution is 9.10. The van der Waals surface area contributed by atoms with Gasteiger partial charge in [0, 0.05) is 20.1 Å². The summed E-state index contributed by atoms with van der Waals surface area (Å²) in [5.74, 6) is 0.0370. The third-order valence-corrected chi connectivity index (χ3v) is 3.55. The summed E-state index contributed by atoms with van der Waals surface area (Å²) in [5, 5.41) is 9.67. The monoisotopic (exact) mass is 380 g/mol. The van der Waals surface area contributed by atoms with Crippen LogP contribution in [0.3, 0.4) is 0 Å². The number of carbonyl (C=O) groups is 1. The second-order valence-electron chi connectivity index (χ2n) is 3.91. The second-order valence-corrected chi connectivity index (χ2v) is 5.74. The molecule has 0 spiro atoms. The van der Waals surface area contributed by atoms with Gasteiger partial charge in [-0.2, -0.15) is 0 Å². The zero-order chi connectivity index (χ0) is 13.8. The van der Waals surface area contributed by atoms with Gasteiger partial charge in [0.2, 0.25) is 0 Å². The minimum atomic E-state index is -0.105. The van der Waals surface area contributed by atoms with Gasteiger partial charge in [0.05, 0.1) is 0 Å². The van der Waals surface area contributed by atoms with Crippen LogP contribution >= 0.6 is 31.9 Å². The van der Waals surface area contributed by atoms with Gasteiger partial charge in [0.15, 0.2) is 5.78 Å². The van der Waals surface area contributed by atoms with Crippen molar-refractivity contribution in [2.75, 3.05) is 0 Å². The van der Waals surface area contributed by atoms with Gasteiger partial charge in [-0.15, -0.1) is 0 Å². The van der Waals surface area contributed by atoms with Crippen LogP contribution in [0.15, 0.2) is 57.5 Å². The summed E-state index contributed by atoms with van der Waals surface area (Å²) in [7, 11) is 0. The van der Waals surface area contributed by atoms with Crippen molar-refractivity contribution >= 4 is 43.7 Å². The summed E-state index contributed by atoms with van der Waals surface area (Å²) in [6.07, 6.45) is 3.05. The molecule has 0 aromatic heterocycles. The number of halogens is 2. The predicted molar refractivity (Wildman–Crippen MR) is 83.3 cm³/mol. The van der Waals surface area contributed by atoms with Crippen LogP contribution in [-0.4, -0.2) is 10.9 Å². The van der Waals surface area contributed by atoms with Crippen molar-refractivity contribution in [2.24, 2.45) is 0 Å². The Balaban J connectivity index is 2.20. The van der Waals surface area contributed by atoms with Crippen LogP contribution in [0.5, 0.6) is 5.75 Å². The summed E-state index contributed by atoms with van der Waals surface area (Å²) in [4.78, 5) is 11.9. The lowest BCUT2D eigenvalue weighted by atomic mass is 10.1. The number of ketones is 1. The van der Waals surface area contributed by atoms with Gasteiger partial charge in [-0.05, 0) is 54.6 Å². The largest absolute Gasteiger partial charge is 0.507 e. The first-order valence-electron chi connectivity index (χ1n) is 5.53. The maximum absolute atomic E-state index is 11.9. The van der Waals surface area contributed by atoms with E-state index in [-0.39, 0.29) is 11.5 Å². The van der Waals surface area contributed by atoms with Gasteiger partial charge in [0.1, 0.15) is 5.75 Å². The Labute approximate surface area is 128 Å². The Bertz CT molecular complexity index is 631. The van der Waals surface area contributed by atoms with Gasteiger partial charge in [-0.3, -0.25) is 4.79 Å². The molecule has 0 unspecified atom stereocenters. The normalized spacial score (nSPS) is 10.8. The summed E-state index contributed by atoms with van der Waals surface area (Å²) in [6.45, 7) is 0. The Kier molecular flexibility index (Phi) is 4.56. The van der Waals surface area contributed by atoms with Crippen LogP contribution in [0, 0.1) is 0 Å². The Hall–Kier alpha value is -1.39. The molecular weight excluding hydrogens is 372 g/mol. The average Bonchev–Trinajstić information content (AvgIpc) is 2.40. The first kappa shape index (κ1) is 14.0. The summed E-state index contributed by atoms with van der Waals surface area (Å²) in [5.41, 5.74) is 1.20. The van der Waals surface area contributed by atoms with Gasteiger partial charge in [0.25, 0.3) is 0 Å². The van der Waals surface area contributed by atoms with Crippen LogP contribution in [0.25, 0.3) is 6.08 Å². The maximum Gasteiger partial charge on any atom is 0.185 e. The van der Waals surface area contributed by atoms with Crippen molar-refractivity contribution < 1.29 is 9.90 Å². The molecule has 0 heterocycles. The molecule has 0 atom stereocenters. The fraction of sp³-hybridized carbons (Fsp3) is 0. The summed E-state index contributed by atoms with van der Waals surface area (Å²) < 4.78 is 1.78. The smallest absolute Gasteiger partial charge is 0.185 e. The van der Waals surface area contributed by atoms with Gasteiger partial charge in [-0.1, -0.05) is 31.9 Å². The molecule has 0 radical (unpaired) electrons. The molecule has 2 nitrogen and oxygen atoms in total. The van der Waals surface area contributed by atoms with Crippen molar-refractivity contribution in [3.8, 4) is 5.75 Å². The number of aromatic hydroxyl groups is 1. The second kappa shape index (κ2) is 6.17. The number of carbonyl (C=O) groups excluding carboxylic acids is 1. The molecule has 4 heteroatoms. The van der Waals surface area contributed by atoms with Crippen LogP contribution in [0.4, 0.5) is 0 Å². The zero-order valence-electron chi connectivity index (χ0n) is 9.81. The van der Waals surface area contributed by atoms with E-state index in [9.17, 15) is 9.90 Å². The van der Waals surface area contributed by atoms with E-state index in [1.807, 2.05) is 12.1 Å². The van der Waals surface area contributed by atoms with E-state index in [2.05, 4.69) is 31.9 Å². The van der Waals surface area contributed by atoms with Crippen LogP contribution < -0.4 is 0 Å². The molecule has 0 fully saturated rings. The lowest BCUT2D eigenvalue weighted by Gasteiger charge is -2.00. The van der Waals surface area contributed by atoms with Crippen LogP contribution in [0.1, 0.15) is 15.9 Å². The Morgan fingerprint density at radius 3 is 2.32 bits per heavy atom. The number of hydrogen-bond donors (Lipinski definition) is 1. The highest BCUT2D eigenvalue weighted by atomic mass is 79.9. The number of allylic oxidation sites excluding steroid dienone is 1. The maximum atomic E-state index is 11.9. The van der Waals surface area contributed by atoms with Gasteiger partial charge < -0.3 is 5.11 Å². The van der Waals surface area contributed by atoms with E-state index in [1.165, 1.54) is 6.08 Å². The molecule has 0 aliphatic carbocycles. The van der Waals surface area contributed by atoms with E-state index >= 15 is 0 Å². The van der Waals surface area contributed by atoms with E-state index in [1.54, 1.807) is 36.4 Å². The van der Waals surface area contributed by atoms with Crippen LogP contribution in [0.2, 0.25) is 0 Å². The predicted octanol–water partition coefficient (Wildman–Crippen LogP) is 4.81. The summed E-state index contributed by atoms with van der Waals surface area (Å²) in [6, 6.07) is 12.2. The van der Waals surface area contributed by atoms with Crippen molar-refractivity contribution in [2.45, 2.75) is 0 Å². The molecule has 0 saturated heterocycles. The minimum Gasteiger partial charge on any atom is -0.507 e. The SMILES string of the molecule is O=C(/C=C/c1cc(Br)ccc1O)c1ccc(Br)cc1. The van der Waals surface area contributed by atoms with E-state index in [0.29, 0.717) is 11.1 Å². The lowest BCUT2D eigenvalue weighted by Crippen LogP contribution is -1.93. The van der Waals surface area contributed by atoms with Gasteiger partial charge in [-0.25, -0.2) is 0 Å². The Morgan fingerprint density at radius 1 is 1.00 bits per heavy atom. The molecule has 0 aliphatic heterocycles. The molecule has 0 aliphatic rings. The number of rotatable bonds is 3. The fourth-order valence-corrected chi connectivity index (χ4v) is 2.18. The lowest BCUT2D eigenvalue weighted by molar-refractivity contribution is 0.104. The molecular formula is C15H10Br2O2. The van der Waals surface area contributed by atoms with Crippen molar-refractivity contribution in [3.05, 3.63) is 68.6 Å². The van der Waals surface area contributed by atoms with Gasteiger partial charge >= 0.3 is 0 Å². The molecule has 2 rings (SSSR count). The van der Waals surface area contributed by atoms with E-state index in [0.717, 1.165) is 8.95 Å². The number of phenolic OH excluding ortho intramolecular Hbond substituents is 1. The van der Waals surface area contributed by atoms with Crippen molar-refractivity contribution in [1.82, 2.24) is 0 Å². The molecule has 19 heavy (non-hydrogen) atoms. The standard InChI is InChI=1S/C15H10Br2O2/c16-12-4-1-10(2-5-12)14(18)7-3-11-9-13(17)6-8-15(11)19/h1-9,19H/b7-3+. The van der Waals surface area contributed by atoms with Crippen LogP contribution in [-0.2, 0) is 0 Å². The van der Waals surface area contributed by atoms with Crippen molar-refractivity contribution in [1.29, 1.82) is 0 Å². The minimum absolute atomic E-state index is 0.105. The average molecular weight is 382 g/mol. The molecule has 0 bridgehead atoms. The van der Waals surface area contributed by atoms with E-state index < -0.39 is 0 Å². The Morgan fingerprint density at radius 2 is 1.63 bits per heavy atom. The highest BCUT2D eigenvalue weighted by Crippen LogP contribution is 2.23. The molecule has 2 aromatic rings. The third-order valence-electron chi connectivity index (χ3n) is 2.53. The molecule has 1 N–H and O–H groups in total. The molecule has 0 amide bonds. The third kappa shape index (κ3) is 3.78. The topological polar surface area (TPSA) is 37.3 Å². The fourth-order valence-electron chi connectivity index (χ4n) is 1.53. The first-order chi connectivity index (χ1) is 9.06. The number of phenols is 1. The first-order valence-corrected chi connectivity index (χ1v) is 7.11. The summed E-state index contributed by atoms with van der Waals surface area (Å²) >= 11 is 6.64. The quantitative estimate of drug-likeness (QED) is 0.611. The van der Waals surface area contributed by atoms with Crippen molar-refractivity contribution in [3.63, 3.8) is 0 Å². The number of hydrogen-bond acceptors (Lipinski definition) is 2.